The van der Waals surface area contributed by atoms with Crippen LogP contribution in [-0.2, 0) is 17.8 Å². The average Bonchev–Trinajstić information content (AvgIpc) is 3.15. The molecule has 0 spiro atoms. The lowest BCUT2D eigenvalue weighted by molar-refractivity contribution is -0.133. The fraction of sp³-hybridized carbons (Fsp3) is 0.520. The summed E-state index contributed by atoms with van der Waals surface area (Å²) < 4.78 is 0. The summed E-state index contributed by atoms with van der Waals surface area (Å²) in [6, 6.07) is 0.239. The van der Waals surface area contributed by atoms with E-state index in [0.717, 1.165) is 36.4 Å². The second-order valence-electron chi connectivity index (χ2n) is 9.19. The van der Waals surface area contributed by atoms with Crippen LogP contribution in [0.25, 0.3) is 5.57 Å². The van der Waals surface area contributed by atoms with Gasteiger partial charge in [-0.15, -0.1) is 13.0 Å². The molecule has 1 fully saturated rings. The summed E-state index contributed by atoms with van der Waals surface area (Å²) in [5.41, 5.74) is 4.63. The number of allylic oxidation sites excluding steroid dienone is 4. The highest BCUT2D eigenvalue weighted by Gasteiger charge is 2.50. The first-order valence-corrected chi connectivity index (χ1v) is 10.8. The van der Waals surface area contributed by atoms with Gasteiger partial charge in [0.25, 0.3) is 0 Å². The minimum absolute atomic E-state index is 0.215. The minimum atomic E-state index is 0.215. The van der Waals surface area contributed by atoms with Crippen molar-refractivity contribution < 1.29 is 4.79 Å². The van der Waals surface area contributed by atoms with E-state index in [4.69, 9.17) is 11.4 Å². The number of nitrogens with zero attached hydrogens (tertiary/aromatic N) is 2. The normalized spacial score (nSPS) is 27.3. The number of imidazole rings is 1. The van der Waals surface area contributed by atoms with Crippen molar-refractivity contribution in [3.8, 4) is 12.3 Å². The van der Waals surface area contributed by atoms with Crippen molar-refractivity contribution in [3.63, 3.8) is 0 Å². The number of aromatic nitrogens is 2. The maximum absolute atomic E-state index is 13.0. The van der Waals surface area contributed by atoms with E-state index in [-0.39, 0.29) is 11.9 Å². The number of aryl methyl sites for hydroxylation is 1. The van der Waals surface area contributed by atoms with Gasteiger partial charge < -0.3 is 9.88 Å². The van der Waals surface area contributed by atoms with E-state index in [0.29, 0.717) is 36.6 Å². The van der Waals surface area contributed by atoms with Gasteiger partial charge in [0.15, 0.2) is 0 Å². The molecule has 4 atom stereocenters. The highest BCUT2D eigenvalue weighted by atomic mass is 16.2. The fourth-order valence-electron chi connectivity index (χ4n) is 4.99. The van der Waals surface area contributed by atoms with E-state index in [1.807, 2.05) is 17.1 Å². The van der Waals surface area contributed by atoms with Crippen LogP contribution in [0.5, 0.6) is 0 Å². The molecular weight excluding hydrogens is 358 g/mol. The summed E-state index contributed by atoms with van der Waals surface area (Å²) in [6.45, 7) is 10.9. The van der Waals surface area contributed by atoms with Crippen LogP contribution >= 0.6 is 0 Å². The van der Waals surface area contributed by atoms with E-state index in [1.54, 1.807) is 0 Å². The Morgan fingerprint density at radius 3 is 2.93 bits per heavy atom. The predicted molar refractivity (Wildman–Crippen MR) is 117 cm³/mol. The number of hydrogen-bond donors (Lipinski definition) is 1. The van der Waals surface area contributed by atoms with Crippen LogP contribution in [0.1, 0.15) is 57.2 Å². The smallest absolute Gasteiger partial charge is 0.223 e. The Bertz CT molecular complexity index is 926. The molecule has 4 unspecified atom stereocenters. The lowest BCUT2D eigenvalue weighted by atomic mass is 9.78. The van der Waals surface area contributed by atoms with Crippen molar-refractivity contribution >= 4 is 11.5 Å². The molecule has 1 amide bonds. The molecule has 0 aromatic carbocycles. The Hall–Kier alpha value is -2.54. The van der Waals surface area contributed by atoms with Gasteiger partial charge in [-0.25, -0.2) is 4.98 Å². The molecule has 4 rings (SSSR count). The number of carbonyl (C=O) groups excluding carboxylic acids is 1. The monoisotopic (exact) mass is 389 g/mol. The predicted octanol–water partition coefficient (Wildman–Crippen LogP) is 4.51. The number of terminal acetylenes is 1. The number of aromatic amines is 1. The molecule has 3 aliphatic carbocycles. The van der Waals surface area contributed by atoms with Crippen LogP contribution in [0.2, 0.25) is 0 Å². The van der Waals surface area contributed by atoms with Crippen molar-refractivity contribution in [2.45, 2.75) is 59.0 Å². The summed E-state index contributed by atoms with van der Waals surface area (Å²) >= 11 is 0. The van der Waals surface area contributed by atoms with Gasteiger partial charge in [0.1, 0.15) is 5.82 Å². The van der Waals surface area contributed by atoms with Gasteiger partial charge in [0.2, 0.25) is 5.91 Å². The van der Waals surface area contributed by atoms with Gasteiger partial charge in [-0.3, -0.25) is 4.79 Å². The van der Waals surface area contributed by atoms with Crippen molar-refractivity contribution in [1.82, 2.24) is 14.9 Å². The molecule has 0 aliphatic heterocycles. The lowest BCUT2D eigenvalue weighted by Gasteiger charge is -2.27. The summed E-state index contributed by atoms with van der Waals surface area (Å²) in [5.74, 6) is 5.55. The molecule has 1 saturated carbocycles. The van der Waals surface area contributed by atoms with E-state index in [9.17, 15) is 4.79 Å². The summed E-state index contributed by atoms with van der Waals surface area (Å²) in [6.07, 6.45) is 15.4. The molecule has 1 aromatic rings. The van der Waals surface area contributed by atoms with Crippen molar-refractivity contribution in [2.75, 3.05) is 0 Å². The largest absolute Gasteiger partial charge is 0.344 e. The number of H-pyrrole nitrogens is 1. The molecule has 0 saturated heterocycles. The SMILES string of the molecule is C#CC1=CC=C2c3nc(CN(C(=O)CC(C)C)C4C(C)C4C=C)[nH]c3CCC2C1. The Labute approximate surface area is 174 Å². The third-order valence-electron chi connectivity index (χ3n) is 6.65. The van der Waals surface area contributed by atoms with Crippen LogP contribution in [-0.4, -0.2) is 26.8 Å². The first kappa shape index (κ1) is 19.8. The second-order valence-corrected chi connectivity index (χ2v) is 9.19. The Kier molecular flexibility index (Phi) is 5.25. The fourth-order valence-corrected chi connectivity index (χ4v) is 4.99. The van der Waals surface area contributed by atoms with Gasteiger partial charge >= 0.3 is 0 Å². The molecule has 1 N–H and O–H groups in total. The number of fused-ring (bicyclic) bond motifs is 3. The average molecular weight is 390 g/mol. The third kappa shape index (κ3) is 3.71. The van der Waals surface area contributed by atoms with Gasteiger partial charge in [0.05, 0.1) is 12.2 Å². The molecule has 152 valence electrons. The van der Waals surface area contributed by atoms with Crippen LogP contribution in [0.3, 0.4) is 0 Å². The lowest BCUT2D eigenvalue weighted by Crippen LogP contribution is -2.35. The van der Waals surface area contributed by atoms with Crippen LogP contribution < -0.4 is 0 Å². The standard InChI is InChI=1S/C25H31N3O/c1-6-17-8-10-20-18(13-17)9-11-21-24(20)27-22(26-21)14-28(23(29)12-15(3)4)25-16(5)19(25)7-2/h1,7-8,10,15-16,18-19,25H,2,9,11-14H2,3-5H3,(H,26,27). The molecule has 4 heteroatoms. The molecule has 29 heavy (non-hydrogen) atoms. The van der Waals surface area contributed by atoms with Crippen molar-refractivity contribution in [3.05, 3.63) is 47.6 Å². The number of rotatable bonds is 6. The highest BCUT2D eigenvalue weighted by Crippen LogP contribution is 2.45. The number of carbonyl (C=O) groups is 1. The summed E-state index contributed by atoms with van der Waals surface area (Å²) in [4.78, 5) is 23.5. The van der Waals surface area contributed by atoms with Gasteiger partial charge in [-0.2, -0.15) is 0 Å². The summed E-state index contributed by atoms with van der Waals surface area (Å²) in [5, 5.41) is 0. The van der Waals surface area contributed by atoms with Crippen molar-refractivity contribution in [1.29, 1.82) is 0 Å². The van der Waals surface area contributed by atoms with E-state index in [2.05, 4.69) is 44.3 Å². The van der Waals surface area contributed by atoms with Gasteiger partial charge in [-0.1, -0.05) is 44.9 Å². The molecule has 1 aromatic heterocycles. The first-order valence-electron chi connectivity index (χ1n) is 10.8. The maximum Gasteiger partial charge on any atom is 0.223 e. The van der Waals surface area contributed by atoms with Crippen LogP contribution in [0, 0.1) is 36.0 Å². The summed E-state index contributed by atoms with van der Waals surface area (Å²) in [7, 11) is 0. The zero-order valence-corrected chi connectivity index (χ0v) is 17.7. The van der Waals surface area contributed by atoms with Gasteiger partial charge in [0, 0.05) is 29.6 Å². The second kappa shape index (κ2) is 7.71. The molecule has 4 nitrogen and oxygen atoms in total. The zero-order chi connectivity index (χ0) is 20.7. The molecule has 1 heterocycles. The molecule has 0 radical (unpaired) electrons. The minimum Gasteiger partial charge on any atom is -0.344 e. The molecular formula is C25H31N3O. The molecule has 3 aliphatic rings. The quantitative estimate of drug-likeness (QED) is 0.575. The number of hydrogen-bond acceptors (Lipinski definition) is 2. The van der Waals surface area contributed by atoms with Crippen molar-refractivity contribution in [2.24, 2.45) is 23.7 Å². The van der Waals surface area contributed by atoms with E-state index < -0.39 is 0 Å². The third-order valence-corrected chi connectivity index (χ3v) is 6.65. The Morgan fingerprint density at radius 2 is 2.28 bits per heavy atom. The van der Waals surface area contributed by atoms with Gasteiger partial charge in [-0.05, 0) is 42.6 Å². The molecule has 0 bridgehead atoms. The zero-order valence-electron chi connectivity index (χ0n) is 17.7. The maximum atomic E-state index is 13.0. The van der Waals surface area contributed by atoms with E-state index in [1.165, 1.54) is 11.3 Å². The number of amides is 1. The van der Waals surface area contributed by atoms with Crippen LogP contribution in [0.15, 0.2) is 30.4 Å². The topological polar surface area (TPSA) is 49.0 Å². The first-order chi connectivity index (χ1) is 13.9. The highest BCUT2D eigenvalue weighted by molar-refractivity contribution is 5.77. The Morgan fingerprint density at radius 1 is 1.48 bits per heavy atom. The number of nitrogens with one attached hydrogen (secondary N) is 1. The van der Waals surface area contributed by atoms with Crippen LogP contribution in [0.4, 0.5) is 0 Å². The Balaban J connectivity index is 1.59. The van der Waals surface area contributed by atoms with E-state index >= 15 is 0 Å².